The molecule has 3 heteroatoms. The van der Waals surface area contributed by atoms with Crippen molar-refractivity contribution in [1.29, 1.82) is 0 Å². The second-order valence-corrected chi connectivity index (χ2v) is 7.58. The molecule has 0 aromatic heterocycles. The van der Waals surface area contributed by atoms with Gasteiger partial charge < -0.3 is 5.73 Å². The highest BCUT2D eigenvalue weighted by Gasteiger charge is 2.46. The molecule has 0 saturated heterocycles. The fourth-order valence-electron chi connectivity index (χ4n) is 4.32. The number of nitrogens with two attached hydrogens (primary N) is 1. The zero-order chi connectivity index (χ0) is 15.9. The number of anilines is 1. The fraction of sp³-hybridized carbons (Fsp3) is 0.526. The minimum Gasteiger partial charge on any atom is -0.398 e. The maximum Gasteiger partial charge on any atom is 0.159 e. The van der Waals surface area contributed by atoms with E-state index in [0.717, 1.165) is 35.0 Å². The molecule has 22 heavy (non-hydrogen) atoms. The summed E-state index contributed by atoms with van der Waals surface area (Å²) < 4.78 is 0.943. The van der Waals surface area contributed by atoms with E-state index in [1.165, 1.54) is 36.0 Å². The van der Waals surface area contributed by atoms with Crippen LogP contribution in [0.4, 0.5) is 5.69 Å². The van der Waals surface area contributed by atoms with E-state index >= 15 is 0 Å². The maximum absolute atomic E-state index is 12.5. The van der Waals surface area contributed by atoms with Gasteiger partial charge in [0, 0.05) is 22.0 Å². The summed E-state index contributed by atoms with van der Waals surface area (Å²) in [5.74, 6) is 0.352. The first-order chi connectivity index (χ1) is 10.5. The maximum atomic E-state index is 12.5. The molecular weight excluding hydrogens is 338 g/mol. The van der Waals surface area contributed by atoms with Crippen LogP contribution in [-0.2, 0) is 11.2 Å². The van der Waals surface area contributed by atoms with Crippen LogP contribution >= 0.6 is 15.9 Å². The molecule has 2 aliphatic carbocycles. The topological polar surface area (TPSA) is 43.1 Å². The molecule has 0 saturated carbocycles. The van der Waals surface area contributed by atoms with E-state index in [2.05, 4.69) is 41.9 Å². The molecule has 0 spiro atoms. The summed E-state index contributed by atoms with van der Waals surface area (Å²) in [6, 6.07) is 4.25. The van der Waals surface area contributed by atoms with E-state index < -0.39 is 0 Å². The molecule has 1 unspecified atom stereocenters. The van der Waals surface area contributed by atoms with Gasteiger partial charge in [-0.1, -0.05) is 26.7 Å². The highest BCUT2D eigenvalue weighted by atomic mass is 79.9. The Bertz CT molecular complexity index is 662. The molecule has 1 atom stereocenters. The Balaban J connectivity index is 2.21. The first-order valence-corrected chi connectivity index (χ1v) is 9.17. The minimum absolute atomic E-state index is 0.171. The smallest absolute Gasteiger partial charge is 0.159 e. The van der Waals surface area contributed by atoms with Crippen LogP contribution in [0.25, 0.3) is 5.57 Å². The Hall–Kier alpha value is -1.09. The molecule has 2 aliphatic rings. The number of hydrogen-bond acceptors (Lipinski definition) is 2. The zero-order valence-electron chi connectivity index (χ0n) is 13.5. The number of halogens is 1. The van der Waals surface area contributed by atoms with Crippen LogP contribution in [0.3, 0.4) is 0 Å². The summed E-state index contributed by atoms with van der Waals surface area (Å²) in [6.45, 7) is 4.35. The number of rotatable bonds is 4. The predicted octanol–water partition coefficient (Wildman–Crippen LogP) is 5.29. The van der Waals surface area contributed by atoms with E-state index in [0.29, 0.717) is 12.2 Å². The number of hydrogen-bond donors (Lipinski definition) is 1. The SMILES string of the molecule is CCCCC12CCC(=O)C(CC)=C1c1cc(Br)c(N)cc1C2. The molecule has 0 amide bonds. The van der Waals surface area contributed by atoms with Crippen molar-refractivity contribution < 1.29 is 4.79 Å². The van der Waals surface area contributed by atoms with Gasteiger partial charge in [-0.3, -0.25) is 4.79 Å². The summed E-state index contributed by atoms with van der Waals surface area (Å²) in [5.41, 5.74) is 12.1. The Labute approximate surface area is 141 Å². The average molecular weight is 362 g/mol. The number of unbranched alkanes of at least 4 members (excludes halogenated alkanes) is 1. The number of carbonyl (C=O) groups excluding carboxylic acids is 1. The van der Waals surface area contributed by atoms with Crippen molar-refractivity contribution in [2.24, 2.45) is 5.41 Å². The molecule has 1 aromatic carbocycles. The van der Waals surface area contributed by atoms with Gasteiger partial charge in [0.05, 0.1) is 0 Å². The van der Waals surface area contributed by atoms with Crippen molar-refractivity contribution in [3.05, 3.63) is 33.3 Å². The van der Waals surface area contributed by atoms with Crippen molar-refractivity contribution in [3.63, 3.8) is 0 Å². The third-order valence-electron chi connectivity index (χ3n) is 5.38. The molecule has 0 fully saturated rings. The number of carbonyl (C=O) groups is 1. The Morgan fingerprint density at radius 1 is 1.32 bits per heavy atom. The summed E-state index contributed by atoms with van der Waals surface area (Å²) >= 11 is 3.56. The highest BCUT2D eigenvalue weighted by Crippen LogP contribution is 2.57. The first kappa shape index (κ1) is 15.8. The second kappa shape index (κ2) is 5.84. The van der Waals surface area contributed by atoms with Crippen LogP contribution in [0.2, 0.25) is 0 Å². The molecule has 2 N–H and O–H groups in total. The van der Waals surface area contributed by atoms with Crippen LogP contribution in [0.15, 0.2) is 22.2 Å². The quantitative estimate of drug-likeness (QED) is 0.740. The van der Waals surface area contributed by atoms with E-state index in [1.807, 2.05) is 0 Å². The summed E-state index contributed by atoms with van der Waals surface area (Å²) in [7, 11) is 0. The lowest BCUT2D eigenvalue weighted by Gasteiger charge is -2.36. The Morgan fingerprint density at radius 3 is 2.77 bits per heavy atom. The van der Waals surface area contributed by atoms with Gasteiger partial charge in [0.2, 0.25) is 0 Å². The molecule has 0 bridgehead atoms. The van der Waals surface area contributed by atoms with Gasteiger partial charge in [-0.05, 0) is 76.0 Å². The van der Waals surface area contributed by atoms with Crippen molar-refractivity contribution in [2.45, 2.75) is 58.8 Å². The van der Waals surface area contributed by atoms with Gasteiger partial charge in [-0.15, -0.1) is 0 Å². The molecule has 0 radical (unpaired) electrons. The number of nitrogen functional groups attached to an aromatic ring is 1. The average Bonchev–Trinajstić information content (AvgIpc) is 2.80. The lowest BCUT2D eigenvalue weighted by Crippen LogP contribution is -2.28. The normalized spacial score (nSPS) is 23.7. The molecule has 118 valence electrons. The van der Waals surface area contributed by atoms with Crippen LogP contribution in [0.1, 0.15) is 63.5 Å². The van der Waals surface area contributed by atoms with Gasteiger partial charge in [-0.2, -0.15) is 0 Å². The van der Waals surface area contributed by atoms with Crippen molar-refractivity contribution >= 4 is 33.0 Å². The Kier molecular flexibility index (Phi) is 4.19. The van der Waals surface area contributed by atoms with Gasteiger partial charge in [0.1, 0.15) is 0 Å². The van der Waals surface area contributed by atoms with Crippen LogP contribution < -0.4 is 5.73 Å². The molecular formula is C19H24BrNO. The Morgan fingerprint density at radius 2 is 2.09 bits per heavy atom. The van der Waals surface area contributed by atoms with E-state index in [9.17, 15) is 4.79 Å². The molecule has 0 aliphatic heterocycles. The van der Waals surface area contributed by atoms with E-state index in [4.69, 9.17) is 5.73 Å². The van der Waals surface area contributed by atoms with Crippen LogP contribution in [0, 0.1) is 5.41 Å². The number of allylic oxidation sites excluding steroid dienone is 2. The van der Waals surface area contributed by atoms with Gasteiger partial charge in [-0.25, -0.2) is 0 Å². The van der Waals surface area contributed by atoms with Crippen LogP contribution in [-0.4, -0.2) is 5.78 Å². The molecule has 0 heterocycles. The lowest BCUT2D eigenvalue weighted by atomic mass is 9.67. The number of benzene rings is 1. The molecule has 3 rings (SSSR count). The first-order valence-electron chi connectivity index (χ1n) is 8.37. The summed E-state index contributed by atoms with van der Waals surface area (Å²) in [4.78, 5) is 12.5. The highest BCUT2D eigenvalue weighted by molar-refractivity contribution is 9.10. The zero-order valence-corrected chi connectivity index (χ0v) is 15.1. The van der Waals surface area contributed by atoms with Gasteiger partial charge in [0.15, 0.2) is 5.78 Å². The summed E-state index contributed by atoms with van der Waals surface area (Å²) in [5, 5.41) is 0. The standard InChI is InChI=1S/C19H24BrNO/c1-3-5-7-19-8-6-17(22)13(4-2)18(19)14-10-15(20)16(21)9-12(14)11-19/h9-10H,3-8,11,21H2,1-2H3. The minimum atomic E-state index is 0.171. The summed E-state index contributed by atoms with van der Waals surface area (Å²) in [6.07, 6.45) is 7.20. The van der Waals surface area contributed by atoms with Crippen LogP contribution in [0.5, 0.6) is 0 Å². The third-order valence-corrected chi connectivity index (χ3v) is 6.07. The second-order valence-electron chi connectivity index (χ2n) is 6.72. The van der Waals surface area contributed by atoms with E-state index in [-0.39, 0.29) is 5.41 Å². The van der Waals surface area contributed by atoms with Crippen molar-refractivity contribution in [3.8, 4) is 0 Å². The van der Waals surface area contributed by atoms with Gasteiger partial charge in [0.25, 0.3) is 0 Å². The predicted molar refractivity (Wildman–Crippen MR) is 95.7 cm³/mol. The third kappa shape index (κ3) is 2.34. The largest absolute Gasteiger partial charge is 0.398 e. The lowest BCUT2D eigenvalue weighted by molar-refractivity contribution is -0.116. The van der Waals surface area contributed by atoms with E-state index in [1.54, 1.807) is 0 Å². The molecule has 2 nitrogen and oxygen atoms in total. The van der Waals surface area contributed by atoms with Crippen molar-refractivity contribution in [2.75, 3.05) is 5.73 Å². The van der Waals surface area contributed by atoms with Crippen molar-refractivity contribution in [1.82, 2.24) is 0 Å². The number of fused-ring (bicyclic) bond motifs is 3. The monoisotopic (exact) mass is 361 g/mol. The number of ketones is 1. The fourth-order valence-corrected chi connectivity index (χ4v) is 4.66. The number of Topliss-reactive ketones (excluding diaryl/α,β-unsaturated/α-hetero) is 1. The van der Waals surface area contributed by atoms with Gasteiger partial charge >= 0.3 is 0 Å². The molecule has 1 aromatic rings.